The fraction of sp³-hybridized carbons (Fsp3) is 0.312. The molecule has 2 rings (SSSR count). The number of Topliss-reactive ketones (excluding diaryl/α,β-unsaturated/α-hetero) is 1. The van der Waals surface area contributed by atoms with Crippen molar-refractivity contribution in [2.75, 3.05) is 6.61 Å². The number of aromatic nitrogens is 1. The van der Waals surface area contributed by atoms with Crippen LogP contribution < -0.4 is 5.56 Å². The van der Waals surface area contributed by atoms with Crippen molar-refractivity contribution in [3.05, 3.63) is 45.7 Å². The molecule has 0 saturated heterocycles. The molecule has 21 heavy (non-hydrogen) atoms. The Hall–Kier alpha value is -2.43. The summed E-state index contributed by atoms with van der Waals surface area (Å²) in [5.74, 6) is -0.649. The van der Waals surface area contributed by atoms with Crippen LogP contribution in [0.4, 0.5) is 0 Å². The van der Waals surface area contributed by atoms with Crippen LogP contribution >= 0.6 is 0 Å². The van der Waals surface area contributed by atoms with E-state index in [4.69, 9.17) is 4.74 Å². The molecule has 0 saturated carbocycles. The van der Waals surface area contributed by atoms with Gasteiger partial charge in [0.1, 0.15) is 0 Å². The van der Waals surface area contributed by atoms with Crippen LogP contribution in [0, 0.1) is 0 Å². The molecule has 0 radical (unpaired) electrons. The van der Waals surface area contributed by atoms with Gasteiger partial charge in [0, 0.05) is 23.6 Å². The van der Waals surface area contributed by atoms with Crippen LogP contribution in [0.3, 0.4) is 0 Å². The van der Waals surface area contributed by atoms with Crippen molar-refractivity contribution >= 4 is 22.7 Å². The number of rotatable bonds is 4. The predicted molar refractivity (Wildman–Crippen MR) is 79.8 cm³/mol. The molecule has 0 fully saturated rings. The number of esters is 1. The van der Waals surface area contributed by atoms with E-state index in [1.165, 1.54) is 13.0 Å². The van der Waals surface area contributed by atoms with Crippen LogP contribution in [0.2, 0.25) is 0 Å². The lowest BCUT2D eigenvalue weighted by Gasteiger charge is -2.12. The third kappa shape index (κ3) is 2.72. The van der Waals surface area contributed by atoms with Crippen molar-refractivity contribution in [1.29, 1.82) is 0 Å². The van der Waals surface area contributed by atoms with Crippen molar-refractivity contribution in [2.45, 2.75) is 27.3 Å². The van der Waals surface area contributed by atoms with E-state index >= 15 is 0 Å². The Morgan fingerprint density at radius 2 is 1.90 bits per heavy atom. The largest absolute Gasteiger partial charge is 0.462 e. The van der Waals surface area contributed by atoms with Gasteiger partial charge in [-0.25, -0.2) is 4.79 Å². The van der Waals surface area contributed by atoms with Gasteiger partial charge in [-0.05, 0) is 39.0 Å². The van der Waals surface area contributed by atoms with Crippen LogP contribution in [0.15, 0.2) is 29.1 Å². The minimum Gasteiger partial charge on any atom is -0.462 e. The molecule has 1 aromatic carbocycles. The summed E-state index contributed by atoms with van der Waals surface area (Å²) in [5, 5.41) is 0.592. The highest BCUT2D eigenvalue weighted by Gasteiger charge is 2.14. The Labute approximate surface area is 122 Å². The Kier molecular flexibility index (Phi) is 4.21. The number of carbonyl (C=O) groups is 2. The summed E-state index contributed by atoms with van der Waals surface area (Å²) in [7, 11) is 0. The Balaban J connectivity index is 2.78. The maximum atomic E-state index is 12.0. The first-order valence-corrected chi connectivity index (χ1v) is 6.85. The number of benzene rings is 1. The highest BCUT2D eigenvalue weighted by Crippen LogP contribution is 2.20. The number of aryl methyl sites for hydroxylation is 1. The summed E-state index contributed by atoms with van der Waals surface area (Å²) >= 11 is 0. The molecule has 0 N–H and O–H groups in total. The molecule has 0 amide bonds. The summed E-state index contributed by atoms with van der Waals surface area (Å²) in [4.78, 5) is 35.6. The molecule has 0 aliphatic carbocycles. The first-order chi connectivity index (χ1) is 9.99. The summed E-state index contributed by atoms with van der Waals surface area (Å²) in [6.45, 7) is 5.76. The molecule has 1 aromatic heterocycles. The van der Waals surface area contributed by atoms with Crippen LogP contribution in [0.1, 0.15) is 41.5 Å². The highest BCUT2D eigenvalue weighted by molar-refractivity contribution is 6.07. The standard InChI is InChI=1S/C16H17NO4/c1-4-17-14-7-6-11(16(20)21-5-2)8-13(14)12(10(3)18)9-15(17)19/h6-9H,4-5H2,1-3H3. The van der Waals surface area contributed by atoms with Crippen molar-refractivity contribution in [3.63, 3.8) is 0 Å². The lowest BCUT2D eigenvalue weighted by molar-refractivity contribution is 0.0526. The molecule has 1 heterocycles. The molecule has 0 aliphatic heterocycles. The number of nitrogens with zero attached hydrogens (tertiary/aromatic N) is 1. The van der Waals surface area contributed by atoms with Crippen molar-refractivity contribution < 1.29 is 14.3 Å². The molecule has 0 spiro atoms. The Morgan fingerprint density at radius 1 is 1.19 bits per heavy atom. The quantitative estimate of drug-likeness (QED) is 0.640. The lowest BCUT2D eigenvalue weighted by atomic mass is 10.0. The minimum absolute atomic E-state index is 0.207. The molecule has 2 aromatic rings. The van der Waals surface area contributed by atoms with Crippen LogP contribution in [0.5, 0.6) is 0 Å². The Morgan fingerprint density at radius 3 is 2.48 bits per heavy atom. The monoisotopic (exact) mass is 287 g/mol. The number of hydrogen-bond acceptors (Lipinski definition) is 4. The molecular formula is C16H17NO4. The van der Waals surface area contributed by atoms with Crippen LogP contribution in [-0.4, -0.2) is 22.9 Å². The fourth-order valence-electron chi connectivity index (χ4n) is 2.34. The fourth-order valence-corrected chi connectivity index (χ4v) is 2.34. The normalized spacial score (nSPS) is 10.6. The molecule has 0 atom stereocenters. The number of ether oxygens (including phenoxy) is 1. The maximum absolute atomic E-state index is 12.0. The van der Waals surface area contributed by atoms with Gasteiger partial charge in [-0.2, -0.15) is 0 Å². The third-order valence-corrected chi connectivity index (χ3v) is 3.32. The second-order valence-electron chi connectivity index (χ2n) is 4.65. The van der Waals surface area contributed by atoms with Gasteiger partial charge in [0.15, 0.2) is 5.78 Å². The predicted octanol–water partition coefficient (Wildman–Crippen LogP) is 2.40. The van der Waals surface area contributed by atoms with E-state index in [-0.39, 0.29) is 17.9 Å². The van der Waals surface area contributed by atoms with E-state index in [9.17, 15) is 14.4 Å². The first kappa shape index (κ1) is 15.0. The van der Waals surface area contributed by atoms with Gasteiger partial charge < -0.3 is 9.30 Å². The molecule has 0 bridgehead atoms. The molecule has 5 nitrogen and oxygen atoms in total. The highest BCUT2D eigenvalue weighted by atomic mass is 16.5. The average Bonchev–Trinajstić information content (AvgIpc) is 2.46. The first-order valence-electron chi connectivity index (χ1n) is 6.85. The van der Waals surface area contributed by atoms with Gasteiger partial charge in [-0.3, -0.25) is 9.59 Å². The van der Waals surface area contributed by atoms with Crippen molar-refractivity contribution in [2.24, 2.45) is 0 Å². The van der Waals surface area contributed by atoms with Gasteiger partial charge >= 0.3 is 5.97 Å². The van der Waals surface area contributed by atoms with Crippen LogP contribution in [0.25, 0.3) is 10.9 Å². The number of fused-ring (bicyclic) bond motifs is 1. The second kappa shape index (κ2) is 5.91. The molecular weight excluding hydrogens is 270 g/mol. The number of carbonyl (C=O) groups excluding carboxylic acids is 2. The molecule has 110 valence electrons. The zero-order chi connectivity index (χ0) is 15.6. The van der Waals surface area contributed by atoms with E-state index in [0.29, 0.717) is 28.6 Å². The molecule has 0 aliphatic rings. The number of hydrogen-bond donors (Lipinski definition) is 0. The summed E-state index contributed by atoms with van der Waals surface area (Å²) in [6.07, 6.45) is 0. The summed E-state index contributed by atoms with van der Waals surface area (Å²) in [5.41, 5.74) is 1.11. The number of pyridine rings is 1. The Bertz CT molecular complexity index is 774. The van der Waals surface area contributed by atoms with E-state index in [2.05, 4.69) is 0 Å². The zero-order valence-electron chi connectivity index (χ0n) is 12.3. The number of ketones is 1. The van der Waals surface area contributed by atoms with E-state index in [1.807, 2.05) is 6.92 Å². The van der Waals surface area contributed by atoms with Crippen LogP contribution in [-0.2, 0) is 11.3 Å². The van der Waals surface area contributed by atoms with Gasteiger partial charge in [-0.15, -0.1) is 0 Å². The van der Waals surface area contributed by atoms with Crippen molar-refractivity contribution in [3.8, 4) is 0 Å². The maximum Gasteiger partial charge on any atom is 0.338 e. The SMILES string of the molecule is CCOC(=O)c1ccc2c(c1)c(C(C)=O)cc(=O)n2CC. The minimum atomic E-state index is -0.442. The third-order valence-electron chi connectivity index (χ3n) is 3.32. The van der Waals surface area contributed by atoms with Crippen molar-refractivity contribution in [1.82, 2.24) is 4.57 Å². The second-order valence-corrected chi connectivity index (χ2v) is 4.65. The van der Waals surface area contributed by atoms with Gasteiger partial charge in [0.05, 0.1) is 17.7 Å². The van der Waals surface area contributed by atoms with Gasteiger partial charge in [0.25, 0.3) is 5.56 Å². The lowest BCUT2D eigenvalue weighted by Crippen LogP contribution is -2.21. The van der Waals surface area contributed by atoms with E-state index in [1.54, 1.807) is 29.7 Å². The summed E-state index contributed by atoms with van der Waals surface area (Å²) in [6, 6.07) is 6.22. The molecule has 5 heteroatoms. The van der Waals surface area contributed by atoms with E-state index in [0.717, 1.165) is 0 Å². The van der Waals surface area contributed by atoms with E-state index < -0.39 is 5.97 Å². The summed E-state index contributed by atoms with van der Waals surface area (Å²) < 4.78 is 6.53. The smallest absolute Gasteiger partial charge is 0.338 e. The average molecular weight is 287 g/mol. The molecule has 0 unspecified atom stereocenters. The van der Waals surface area contributed by atoms with Gasteiger partial charge in [-0.1, -0.05) is 0 Å². The van der Waals surface area contributed by atoms with Gasteiger partial charge in [0.2, 0.25) is 0 Å². The zero-order valence-corrected chi connectivity index (χ0v) is 12.3. The topological polar surface area (TPSA) is 65.4 Å².